The van der Waals surface area contributed by atoms with E-state index in [-0.39, 0.29) is 11.0 Å². The highest BCUT2D eigenvalue weighted by Gasteiger charge is 2.19. The standard InChI is InChI=1S/C9H8BrN5O3/c1-13-9(16)14(12-11-13)7-3-2-4-8(15(17)18)6(7)5-10/h2-4H,5H2,1H3. The van der Waals surface area contributed by atoms with Gasteiger partial charge in [-0.1, -0.05) is 22.0 Å². The van der Waals surface area contributed by atoms with Crippen molar-refractivity contribution in [2.24, 2.45) is 7.05 Å². The summed E-state index contributed by atoms with van der Waals surface area (Å²) in [5.41, 5.74) is 0.198. The van der Waals surface area contributed by atoms with Crippen LogP contribution in [0, 0.1) is 10.1 Å². The molecule has 0 radical (unpaired) electrons. The highest BCUT2D eigenvalue weighted by atomic mass is 79.9. The monoisotopic (exact) mass is 313 g/mol. The van der Waals surface area contributed by atoms with Gasteiger partial charge in [0.15, 0.2) is 0 Å². The van der Waals surface area contributed by atoms with E-state index in [2.05, 4.69) is 26.4 Å². The molecule has 0 aliphatic heterocycles. The minimum Gasteiger partial charge on any atom is -0.258 e. The quantitative estimate of drug-likeness (QED) is 0.474. The van der Waals surface area contributed by atoms with Crippen molar-refractivity contribution in [3.63, 3.8) is 0 Å². The summed E-state index contributed by atoms with van der Waals surface area (Å²) in [5.74, 6) is 0. The Hall–Kier alpha value is -2.03. The van der Waals surface area contributed by atoms with E-state index in [1.54, 1.807) is 6.07 Å². The normalized spacial score (nSPS) is 10.6. The maximum Gasteiger partial charge on any atom is 0.368 e. The molecule has 2 rings (SSSR count). The molecule has 1 aromatic carbocycles. The first-order valence-corrected chi connectivity index (χ1v) is 6.00. The summed E-state index contributed by atoms with van der Waals surface area (Å²) >= 11 is 3.18. The molecule has 0 fully saturated rings. The molecular weight excluding hydrogens is 306 g/mol. The van der Waals surface area contributed by atoms with Crippen molar-refractivity contribution in [1.29, 1.82) is 0 Å². The number of nitrogens with zero attached hydrogens (tertiary/aromatic N) is 5. The molecule has 1 heterocycles. The number of halogens is 1. The van der Waals surface area contributed by atoms with Gasteiger partial charge in [0.25, 0.3) is 5.69 Å². The van der Waals surface area contributed by atoms with Gasteiger partial charge in [-0.2, -0.15) is 9.36 Å². The van der Waals surface area contributed by atoms with Gasteiger partial charge in [-0.3, -0.25) is 10.1 Å². The van der Waals surface area contributed by atoms with Gasteiger partial charge in [-0.15, -0.1) is 0 Å². The molecule has 1 aromatic heterocycles. The van der Waals surface area contributed by atoms with Crippen molar-refractivity contribution < 1.29 is 4.92 Å². The molecule has 9 heteroatoms. The Labute approximate surface area is 109 Å². The molecule has 0 saturated heterocycles. The van der Waals surface area contributed by atoms with Crippen LogP contribution in [0.2, 0.25) is 0 Å². The number of tetrazole rings is 1. The average Bonchev–Trinajstić information content (AvgIpc) is 2.69. The molecule has 94 valence electrons. The van der Waals surface area contributed by atoms with E-state index in [9.17, 15) is 14.9 Å². The number of rotatable bonds is 3. The van der Waals surface area contributed by atoms with Crippen LogP contribution >= 0.6 is 15.9 Å². The van der Waals surface area contributed by atoms with Crippen molar-refractivity contribution in [2.75, 3.05) is 0 Å². The van der Waals surface area contributed by atoms with Crippen LogP contribution in [0.25, 0.3) is 5.69 Å². The fourth-order valence-corrected chi connectivity index (χ4v) is 2.11. The van der Waals surface area contributed by atoms with Gasteiger partial charge in [0.1, 0.15) is 0 Å². The fourth-order valence-electron chi connectivity index (χ4n) is 1.53. The fraction of sp³-hybridized carbons (Fsp3) is 0.222. The third-order valence-corrected chi connectivity index (χ3v) is 2.97. The summed E-state index contributed by atoms with van der Waals surface area (Å²) in [5, 5.41) is 18.4. The van der Waals surface area contributed by atoms with E-state index in [4.69, 9.17) is 0 Å². The number of aryl methyl sites for hydroxylation is 1. The highest BCUT2D eigenvalue weighted by Crippen LogP contribution is 2.26. The Balaban J connectivity index is 2.72. The number of nitro groups is 1. The second-order valence-corrected chi connectivity index (χ2v) is 4.02. The molecule has 0 aliphatic carbocycles. The van der Waals surface area contributed by atoms with E-state index in [0.29, 0.717) is 11.3 Å². The van der Waals surface area contributed by atoms with Crippen LogP contribution in [-0.2, 0) is 12.4 Å². The second-order valence-electron chi connectivity index (χ2n) is 3.46. The van der Waals surface area contributed by atoms with Crippen molar-refractivity contribution in [2.45, 2.75) is 5.33 Å². The van der Waals surface area contributed by atoms with Gasteiger partial charge in [-0.25, -0.2) is 4.79 Å². The van der Waals surface area contributed by atoms with Crippen molar-refractivity contribution >= 4 is 21.6 Å². The zero-order valence-corrected chi connectivity index (χ0v) is 10.9. The van der Waals surface area contributed by atoms with Crippen molar-refractivity contribution in [3.8, 4) is 5.69 Å². The minimum atomic E-state index is -0.499. The number of nitro benzene ring substituents is 1. The van der Waals surface area contributed by atoms with Gasteiger partial charge in [0, 0.05) is 18.4 Å². The summed E-state index contributed by atoms with van der Waals surface area (Å²) in [6.45, 7) is 0. The van der Waals surface area contributed by atoms with Crippen LogP contribution in [0.4, 0.5) is 5.69 Å². The molecule has 2 aromatic rings. The summed E-state index contributed by atoms with van der Waals surface area (Å²) < 4.78 is 2.08. The Morgan fingerprint density at radius 1 is 1.44 bits per heavy atom. The van der Waals surface area contributed by atoms with Crippen LogP contribution in [0.5, 0.6) is 0 Å². The van der Waals surface area contributed by atoms with Crippen LogP contribution in [0.15, 0.2) is 23.0 Å². The predicted octanol–water partition coefficient (Wildman–Crippen LogP) is 0.769. The topological polar surface area (TPSA) is 95.8 Å². The summed E-state index contributed by atoms with van der Waals surface area (Å²) in [4.78, 5) is 22.1. The van der Waals surface area contributed by atoms with E-state index in [1.165, 1.54) is 19.2 Å². The molecule has 0 N–H and O–H groups in total. The molecule has 0 bridgehead atoms. The molecular formula is C9H8BrN5O3. The number of hydrogen-bond acceptors (Lipinski definition) is 5. The lowest BCUT2D eigenvalue weighted by molar-refractivity contribution is -0.385. The van der Waals surface area contributed by atoms with Crippen molar-refractivity contribution in [3.05, 3.63) is 44.4 Å². The molecule has 0 amide bonds. The van der Waals surface area contributed by atoms with E-state index in [0.717, 1.165) is 9.36 Å². The first-order valence-electron chi connectivity index (χ1n) is 4.88. The van der Waals surface area contributed by atoms with Crippen molar-refractivity contribution in [1.82, 2.24) is 19.8 Å². The smallest absolute Gasteiger partial charge is 0.258 e. The van der Waals surface area contributed by atoms with E-state index >= 15 is 0 Å². The zero-order chi connectivity index (χ0) is 13.3. The van der Waals surface area contributed by atoms with E-state index in [1.807, 2.05) is 0 Å². The Bertz CT molecular complexity index is 662. The SMILES string of the molecule is Cn1nnn(-c2cccc([N+](=O)[O-])c2CBr)c1=O. The third-order valence-electron chi connectivity index (χ3n) is 2.41. The average molecular weight is 314 g/mol. The third kappa shape index (κ3) is 1.92. The van der Waals surface area contributed by atoms with Gasteiger partial charge < -0.3 is 0 Å². The minimum absolute atomic E-state index is 0.0677. The number of alkyl halides is 1. The van der Waals surface area contributed by atoms with Gasteiger partial charge in [0.05, 0.1) is 16.2 Å². The largest absolute Gasteiger partial charge is 0.368 e. The summed E-state index contributed by atoms with van der Waals surface area (Å²) in [6.07, 6.45) is 0. The van der Waals surface area contributed by atoms with Gasteiger partial charge >= 0.3 is 5.69 Å². The lowest BCUT2D eigenvalue weighted by Gasteiger charge is -2.05. The lowest BCUT2D eigenvalue weighted by atomic mass is 10.1. The number of hydrogen-bond donors (Lipinski definition) is 0. The van der Waals surface area contributed by atoms with Crippen LogP contribution < -0.4 is 5.69 Å². The van der Waals surface area contributed by atoms with Gasteiger partial charge in [-0.05, 0) is 16.5 Å². The van der Waals surface area contributed by atoms with Crippen LogP contribution in [0.1, 0.15) is 5.56 Å². The second kappa shape index (κ2) is 4.69. The van der Waals surface area contributed by atoms with Crippen LogP contribution in [-0.4, -0.2) is 24.7 Å². The molecule has 0 aliphatic rings. The maximum absolute atomic E-state index is 11.7. The Morgan fingerprint density at radius 2 is 2.17 bits per heavy atom. The predicted molar refractivity (Wildman–Crippen MR) is 65.9 cm³/mol. The first kappa shape index (κ1) is 12.4. The molecule has 0 unspecified atom stereocenters. The van der Waals surface area contributed by atoms with Gasteiger partial charge in [0.2, 0.25) is 0 Å². The van der Waals surface area contributed by atoms with E-state index < -0.39 is 10.6 Å². The number of aromatic nitrogens is 4. The zero-order valence-electron chi connectivity index (χ0n) is 9.28. The Kier molecular flexibility index (Phi) is 3.24. The highest BCUT2D eigenvalue weighted by molar-refractivity contribution is 9.08. The molecule has 0 saturated carbocycles. The molecule has 0 spiro atoms. The maximum atomic E-state index is 11.7. The summed E-state index contributed by atoms with van der Waals surface area (Å²) in [6, 6.07) is 4.46. The summed E-state index contributed by atoms with van der Waals surface area (Å²) in [7, 11) is 1.46. The lowest BCUT2D eigenvalue weighted by Crippen LogP contribution is -2.22. The molecule has 0 atom stereocenters. The molecule has 18 heavy (non-hydrogen) atoms. The number of benzene rings is 1. The Morgan fingerprint density at radius 3 is 2.67 bits per heavy atom. The molecule has 8 nitrogen and oxygen atoms in total. The first-order chi connectivity index (χ1) is 8.56. The van der Waals surface area contributed by atoms with Crippen LogP contribution in [0.3, 0.4) is 0 Å².